The summed E-state index contributed by atoms with van der Waals surface area (Å²) in [6.45, 7) is 3.96. The lowest BCUT2D eigenvalue weighted by molar-refractivity contribution is -0.0157. The maximum absolute atomic E-state index is 4.98. The van der Waals surface area contributed by atoms with Gasteiger partial charge in [0, 0.05) is 14.2 Å². The lowest BCUT2D eigenvalue weighted by Crippen LogP contribution is -2.23. The molecule has 8 heavy (non-hydrogen) atoms. The van der Waals surface area contributed by atoms with Gasteiger partial charge >= 0.3 is 0 Å². The zero-order valence-corrected chi connectivity index (χ0v) is 5.97. The molecule has 0 spiro atoms. The molecule has 0 bridgehead atoms. The van der Waals surface area contributed by atoms with Crippen LogP contribution in [0, 0.1) is 0 Å². The Morgan fingerprint density at radius 1 is 0.875 bits per heavy atom. The van der Waals surface area contributed by atoms with Crippen LogP contribution in [0.15, 0.2) is 0 Å². The Hall–Kier alpha value is -0.0800. The molecule has 50 valence electrons. The minimum Gasteiger partial charge on any atom is -0.379 e. The highest BCUT2D eigenvalue weighted by Crippen LogP contribution is 1.98. The van der Waals surface area contributed by atoms with Gasteiger partial charge in [0.25, 0.3) is 0 Å². The second-order valence-electron chi connectivity index (χ2n) is 1.88. The van der Waals surface area contributed by atoms with E-state index >= 15 is 0 Å². The van der Waals surface area contributed by atoms with E-state index in [0.717, 1.165) is 0 Å². The molecular formula is C6H14O2. The van der Waals surface area contributed by atoms with Crippen molar-refractivity contribution in [1.29, 1.82) is 0 Å². The van der Waals surface area contributed by atoms with Crippen LogP contribution in [-0.4, -0.2) is 26.4 Å². The number of hydrogen-bond acceptors (Lipinski definition) is 2. The van der Waals surface area contributed by atoms with E-state index in [-0.39, 0.29) is 12.2 Å². The largest absolute Gasteiger partial charge is 0.379 e. The van der Waals surface area contributed by atoms with Gasteiger partial charge in [0.1, 0.15) is 0 Å². The Labute approximate surface area is 50.8 Å². The van der Waals surface area contributed by atoms with E-state index in [2.05, 4.69) is 0 Å². The second kappa shape index (κ2) is 3.87. The first-order chi connectivity index (χ1) is 3.72. The van der Waals surface area contributed by atoms with Gasteiger partial charge in [0.15, 0.2) is 0 Å². The molecule has 0 saturated heterocycles. The van der Waals surface area contributed by atoms with Crippen molar-refractivity contribution in [1.82, 2.24) is 0 Å². The molecule has 0 aromatic carbocycles. The van der Waals surface area contributed by atoms with Gasteiger partial charge in [0.2, 0.25) is 0 Å². The molecule has 2 heteroatoms. The van der Waals surface area contributed by atoms with Gasteiger partial charge in [-0.1, -0.05) is 0 Å². The van der Waals surface area contributed by atoms with E-state index in [0.29, 0.717) is 0 Å². The van der Waals surface area contributed by atoms with Gasteiger partial charge in [-0.3, -0.25) is 0 Å². The van der Waals surface area contributed by atoms with Gasteiger partial charge in [-0.05, 0) is 13.8 Å². The molecule has 0 amide bonds. The number of rotatable bonds is 3. The summed E-state index contributed by atoms with van der Waals surface area (Å²) in [5.41, 5.74) is 0. The summed E-state index contributed by atoms with van der Waals surface area (Å²) in [6, 6.07) is 0. The molecule has 0 aromatic heterocycles. The second-order valence-corrected chi connectivity index (χ2v) is 1.88. The van der Waals surface area contributed by atoms with Crippen LogP contribution in [0.5, 0.6) is 0 Å². The van der Waals surface area contributed by atoms with Gasteiger partial charge in [-0.25, -0.2) is 0 Å². The molecule has 0 aliphatic carbocycles. The van der Waals surface area contributed by atoms with E-state index in [1.807, 2.05) is 13.8 Å². The van der Waals surface area contributed by atoms with Crippen molar-refractivity contribution in [2.24, 2.45) is 0 Å². The van der Waals surface area contributed by atoms with Crippen molar-refractivity contribution in [2.45, 2.75) is 26.1 Å². The van der Waals surface area contributed by atoms with Crippen LogP contribution in [0.1, 0.15) is 13.8 Å². The fraction of sp³-hybridized carbons (Fsp3) is 1.00. The number of ether oxygens (including phenoxy) is 2. The highest BCUT2D eigenvalue weighted by Gasteiger charge is 2.07. The van der Waals surface area contributed by atoms with E-state index in [1.165, 1.54) is 0 Å². The van der Waals surface area contributed by atoms with E-state index in [4.69, 9.17) is 9.47 Å². The zero-order chi connectivity index (χ0) is 6.57. The van der Waals surface area contributed by atoms with Gasteiger partial charge < -0.3 is 9.47 Å². The number of methoxy groups -OCH3 is 2. The fourth-order valence-corrected chi connectivity index (χ4v) is 0.383. The summed E-state index contributed by atoms with van der Waals surface area (Å²) >= 11 is 0. The normalized spacial score (nSPS) is 18.0. The first-order valence-corrected chi connectivity index (χ1v) is 2.78. The smallest absolute Gasteiger partial charge is 0.0801 e. The van der Waals surface area contributed by atoms with Crippen LogP contribution in [0.3, 0.4) is 0 Å². The highest BCUT2D eigenvalue weighted by atomic mass is 16.5. The maximum atomic E-state index is 4.98. The topological polar surface area (TPSA) is 18.5 Å². The molecule has 0 aliphatic heterocycles. The fourth-order valence-electron chi connectivity index (χ4n) is 0.383. The maximum Gasteiger partial charge on any atom is 0.0801 e. The Balaban J connectivity index is 3.29. The third kappa shape index (κ3) is 2.28. The van der Waals surface area contributed by atoms with Crippen LogP contribution < -0.4 is 0 Å². The minimum atomic E-state index is 0.194. The highest BCUT2D eigenvalue weighted by molar-refractivity contribution is 4.56. The van der Waals surface area contributed by atoms with Crippen molar-refractivity contribution in [2.75, 3.05) is 14.2 Å². The average molecular weight is 118 g/mol. The monoisotopic (exact) mass is 118 g/mol. The molecule has 0 rings (SSSR count). The Kier molecular flexibility index (Phi) is 3.83. The van der Waals surface area contributed by atoms with Gasteiger partial charge in [0.05, 0.1) is 12.2 Å². The van der Waals surface area contributed by atoms with Crippen LogP contribution >= 0.6 is 0 Å². The van der Waals surface area contributed by atoms with Crippen LogP contribution in [0.2, 0.25) is 0 Å². The SMILES string of the molecule is CO[C@@H](C)[C@@H](C)OC. The lowest BCUT2D eigenvalue weighted by atomic mass is 10.3. The summed E-state index contributed by atoms with van der Waals surface area (Å²) in [7, 11) is 3.36. The first-order valence-electron chi connectivity index (χ1n) is 2.78. The lowest BCUT2D eigenvalue weighted by Gasteiger charge is -2.15. The van der Waals surface area contributed by atoms with Crippen LogP contribution in [0.4, 0.5) is 0 Å². The Bertz CT molecular complexity index is 46.5. The molecule has 0 saturated carbocycles. The molecule has 0 radical (unpaired) electrons. The van der Waals surface area contributed by atoms with E-state index < -0.39 is 0 Å². The van der Waals surface area contributed by atoms with Gasteiger partial charge in [-0.2, -0.15) is 0 Å². The molecule has 2 atom stereocenters. The molecule has 0 fully saturated rings. The summed E-state index contributed by atoms with van der Waals surface area (Å²) < 4.78 is 9.96. The third-order valence-electron chi connectivity index (χ3n) is 1.40. The molecule has 0 aliphatic rings. The molecule has 0 N–H and O–H groups in total. The van der Waals surface area contributed by atoms with Crippen molar-refractivity contribution in [3.63, 3.8) is 0 Å². The molecule has 2 nitrogen and oxygen atoms in total. The predicted octanol–water partition coefficient (Wildman–Crippen LogP) is 1.06. The van der Waals surface area contributed by atoms with Crippen LogP contribution in [-0.2, 0) is 9.47 Å². The average Bonchev–Trinajstić information content (AvgIpc) is 1.84. The van der Waals surface area contributed by atoms with Gasteiger partial charge in [-0.15, -0.1) is 0 Å². The third-order valence-corrected chi connectivity index (χ3v) is 1.40. The molecule has 0 aromatic rings. The van der Waals surface area contributed by atoms with Crippen molar-refractivity contribution in [3.8, 4) is 0 Å². The Morgan fingerprint density at radius 2 is 1.12 bits per heavy atom. The van der Waals surface area contributed by atoms with Crippen molar-refractivity contribution >= 4 is 0 Å². The summed E-state index contributed by atoms with van der Waals surface area (Å²) in [6.07, 6.45) is 0.389. The standard InChI is InChI=1S/C6H14O2/c1-5(7-3)6(2)8-4/h5-6H,1-4H3/t5-,6+. The Morgan fingerprint density at radius 3 is 1.25 bits per heavy atom. The zero-order valence-electron chi connectivity index (χ0n) is 5.97. The van der Waals surface area contributed by atoms with Crippen LogP contribution in [0.25, 0.3) is 0 Å². The van der Waals surface area contributed by atoms with Crippen molar-refractivity contribution in [3.05, 3.63) is 0 Å². The van der Waals surface area contributed by atoms with Crippen molar-refractivity contribution < 1.29 is 9.47 Å². The minimum absolute atomic E-state index is 0.194. The summed E-state index contributed by atoms with van der Waals surface area (Å²) in [4.78, 5) is 0. The first kappa shape index (κ1) is 7.92. The quantitative estimate of drug-likeness (QED) is 0.551. The predicted molar refractivity (Wildman–Crippen MR) is 32.9 cm³/mol. The molecular weight excluding hydrogens is 104 g/mol. The van der Waals surface area contributed by atoms with E-state index in [1.54, 1.807) is 14.2 Å². The summed E-state index contributed by atoms with van der Waals surface area (Å²) in [5.74, 6) is 0. The molecule has 0 heterocycles. The molecule has 0 unspecified atom stereocenters. The number of hydrogen-bond donors (Lipinski definition) is 0. The summed E-state index contributed by atoms with van der Waals surface area (Å²) in [5, 5.41) is 0. The van der Waals surface area contributed by atoms with E-state index in [9.17, 15) is 0 Å².